The lowest BCUT2D eigenvalue weighted by Crippen LogP contribution is -2.51. The second-order valence-corrected chi connectivity index (χ2v) is 7.74. The van der Waals surface area contributed by atoms with Crippen molar-refractivity contribution in [3.63, 3.8) is 0 Å². The normalized spacial score (nSPS) is 19.7. The van der Waals surface area contributed by atoms with Crippen LogP contribution >= 0.6 is 0 Å². The van der Waals surface area contributed by atoms with Crippen LogP contribution in [0, 0.1) is 0 Å². The first-order valence-electron chi connectivity index (χ1n) is 10.0. The fraction of sp³-hybridized carbons (Fsp3) is 0.217. The number of carbonyl (C=O) groups is 3. The van der Waals surface area contributed by atoms with Gasteiger partial charge in [0.25, 0.3) is 5.91 Å². The quantitative estimate of drug-likeness (QED) is 0.810. The number of nitrogens with one attached hydrogen (secondary N) is 1. The van der Waals surface area contributed by atoms with E-state index in [1.807, 2.05) is 37.3 Å². The van der Waals surface area contributed by atoms with Crippen LogP contribution < -0.4 is 15.1 Å². The summed E-state index contributed by atoms with van der Waals surface area (Å²) in [5, 5.41) is 2.74. The first-order chi connectivity index (χ1) is 14.9. The molecule has 156 valence electrons. The van der Waals surface area contributed by atoms with Crippen LogP contribution in [0.25, 0.3) is 5.57 Å². The Labute approximate surface area is 178 Å². The number of hydrogen-bond donors (Lipinski definition) is 1. The van der Waals surface area contributed by atoms with Crippen molar-refractivity contribution >= 4 is 40.5 Å². The Morgan fingerprint density at radius 1 is 1.23 bits per heavy atom. The first-order valence-corrected chi connectivity index (χ1v) is 10.0. The molecule has 1 aromatic carbocycles. The van der Waals surface area contributed by atoms with Crippen molar-refractivity contribution < 1.29 is 18.8 Å². The summed E-state index contributed by atoms with van der Waals surface area (Å²) in [5.74, 6) is -0.0969. The van der Waals surface area contributed by atoms with Crippen molar-refractivity contribution in [3.8, 4) is 0 Å². The van der Waals surface area contributed by atoms with Crippen LogP contribution in [0.3, 0.4) is 0 Å². The highest BCUT2D eigenvalue weighted by Gasteiger charge is 2.35. The summed E-state index contributed by atoms with van der Waals surface area (Å²) in [4.78, 5) is 44.4. The smallest absolute Gasteiger partial charge is 0.345 e. The van der Waals surface area contributed by atoms with Gasteiger partial charge in [-0.25, -0.2) is 4.79 Å². The molecule has 2 aliphatic heterocycles. The zero-order valence-electron chi connectivity index (χ0n) is 17.1. The summed E-state index contributed by atoms with van der Waals surface area (Å²) < 4.78 is 5.33. The van der Waals surface area contributed by atoms with E-state index in [9.17, 15) is 14.4 Å². The largest absolute Gasteiger partial charge is 0.459 e. The third-order valence-electron chi connectivity index (χ3n) is 5.67. The van der Waals surface area contributed by atoms with Gasteiger partial charge in [-0.3, -0.25) is 9.59 Å². The molecule has 0 saturated heterocycles. The number of fused-ring (bicyclic) bond motifs is 2. The Kier molecular flexibility index (Phi) is 4.35. The maximum Gasteiger partial charge on any atom is 0.345 e. The van der Waals surface area contributed by atoms with Crippen LogP contribution in [0.5, 0.6) is 0 Å². The maximum atomic E-state index is 13.2. The van der Waals surface area contributed by atoms with E-state index in [0.717, 1.165) is 16.8 Å². The third kappa shape index (κ3) is 3.16. The van der Waals surface area contributed by atoms with E-state index in [2.05, 4.69) is 10.3 Å². The summed E-state index contributed by atoms with van der Waals surface area (Å²) in [7, 11) is 0. The molecule has 0 radical (unpaired) electrons. The molecule has 0 fully saturated rings. The molecule has 3 heterocycles. The van der Waals surface area contributed by atoms with Gasteiger partial charge in [-0.05, 0) is 48.4 Å². The molecule has 1 atom stereocenters. The summed E-state index contributed by atoms with van der Waals surface area (Å²) in [6.45, 7) is 3.79. The highest BCUT2D eigenvalue weighted by Crippen LogP contribution is 2.39. The Morgan fingerprint density at radius 2 is 2.06 bits per heavy atom. The lowest BCUT2D eigenvalue weighted by Gasteiger charge is -2.40. The van der Waals surface area contributed by atoms with E-state index in [-0.39, 0.29) is 29.6 Å². The first kappa shape index (κ1) is 19.0. The molecule has 0 spiro atoms. The molecule has 4 amide bonds. The van der Waals surface area contributed by atoms with Crippen LogP contribution in [-0.2, 0) is 4.79 Å². The standard InChI is InChI=1S/C23H20N4O4/c1-13-12-26(22(29)21-4-3-9-31-21)20-11-16(6-8-19(20)27(13)14(2)28)15-5-7-17-18(10-15)25-23(30)24-17/h3-6,8-11,13H,7,12H2,1-2H3,(H,25,30)/t13-/m0/s1. The zero-order chi connectivity index (χ0) is 21.7. The number of urea groups is 1. The molecule has 1 N–H and O–H groups in total. The van der Waals surface area contributed by atoms with E-state index in [1.165, 1.54) is 13.2 Å². The monoisotopic (exact) mass is 416 g/mol. The minimum atomic E-state index is -0.359. The summed E-state index contributed by atoms with van der Waals surface area (Å²) >= 11 is 0. The highest BCUT2D eigenvalue weighted by molar-refractivity contribution is 6.16. The molecule has 1 aliphatic carbocycles. The molecule has 0 saturated carbocycles. The molecule has 3 aliphatic rings. The summed E-state index contributed by atoms with van der Waals surface area (Å²) in [6, 6.07) is 8.45. The number of benzene rings is 1. The maximum absolute atomic E-state index is 13.2. The SMILES string of the molecule is CC(=O)N1c2ccc(C3=CCC4=NC(=O)NC4=C3)cc2N(C(=O)c2ccco2)C[C@@H]1C. The van der Waals surface area contributed by atoms with Gasteiger partial charge in [0, 0.05) is 19.9 Å². The van der Waals surface area contributed by atoms with Gasteiger partial charge in [-0.2, -0.15) is 4.99 Å². The van der Waals surface area contributed by atoms with Gasteiger partial charge >= 0.3 is 6.03 Å². The number of furan rings is 1. The molecule has 8 nitrogen and oxygen atoms in total. The summed E-state index contributed by atoms with van der Waals surface area (Å²) in [6.07, 6.45) is 5.88. The number of hydrogen-bond acceptors (Lipinski definition) is 4. The molecule has 31 heavy (non-hydrogen) atoms. The number of allylic oxidation sites excluding steroid dienone is 4. The van der Waals surface area contributed by atoms with Gasteiger partial charge in [0.15, 0.2) is 5.76 Å². The van der Waals surface area contributed by atoms with E-state index < -0.39 is 0 Å². The lowest BCUT2D eigenvalue weighted by molar-refractivity contribution is -0.117. The minimum absolute atomic E-state index is 0.0832. The van der Waals surface area contributed by atoms with Crippen LogP contribution in [0.4, 0.5) is 16.2 Å². The Bertz CT molecular complexity index is 1210. The van der Waals surface area contributed by atoms with Gasteiger partial charge in [0.1, 0.15) is 0 Å². The van der Waals surface area contributed by atoms with E-state index in [0.29, 0.717) is 30.0 Å². The van der Waals surface area contributed by atoms with Crippen molar-refractivity contribution in [2.75, 3.05) is 16.3 Å². The van der Waals surface area contributed by atoms with E-state index >= 15 is 0 Å². The Hall–Kier alpha value is -3.94. The molecule has 0 bridgehead atoms. The average molecular weight is 416 g/mol. The zero-order valence-corrected chi connectivity index (χ0v) is 17.1. The minimum Gasteiger partial charge on any atom is -0.459 e. The fourth-order valence-corrected chi connectivity index (χ4v) is 4.31. The Balaban J connectivity index is 1.58. The van der Waals surface area contributed by atoms with Crippen molar-refractivity contribution in [1.82, 2.24) is 5.32 Å². The van der Waals surface area contributed by atoms with Crippen LogP contribution in [0.15, 0.2) is 63.9 Å². The van der Waals surface area contributed by atoms with Crippen molar-refractivity contribution in [2.45, 2.75) is 26.3 Å². The predicted molar refractivity (Wildman–Crippen MR) is 116 cm³/mol. The second-order valence-electron chi connectivity index (χ2n) is 7.74. The number of nitrogens with zero attached hydrogens (tertiary/aromatic N) is 3. The van der Waals surface area contributed by atoms with Crippen LogP contribution in [-0.4, -0.2) is 36.1 Å². The van der Waals surface area contributed by atoms with Crippen molar-refractivity contribution in [2.24, 2.45) is 4.99 Å². The summed E-state index contributed by atoms with van der Waals surface area (Å²) in [5.41, 5.74) is 4.52. The average Bonchev–Trinajstić information content (AvgIpc) is 3.40. The molecule has 1 aromatic heterocycles. The molecular formula is C23H20N4O4. The van der Waals surface area contributed by atoms with Gasteiger partial charge in [0.05, 0.1) is 35.1 Å². The van der Waals surface area contributed by atoms with E-state index in [1.54, 1.807) is 21.9 Å². The number of aliphatic imine (C=N–C) groups is 1. The lowest BCUT2D eigenvalue weighted by atomic mass is 9.95. The van der Waals surface area contributed by atoms with Gasteiger partial charge in [-0.15, -0.1) is 0 Å². The molecule has 0 unspecified atom stereocenters. The van der Waals surface area contributed by atoms with E-state index in [4.69, 9.17) is 4.42 Å². The number of carbonyl (C=O) groups excluding carboxylic acids is 3. The molecular weight excluding hydrogens is 396 g/mol. The van der Waals surface area contributed by atoms with Crippen molar-refractivity contribution in [3.05, 3.63) is 65.8 Å². The van der Waals surface area contributed by atoms with Gasteiger partial charge in [0.2, 0.25) is 5.91 Å². The van der Waals surface area contributed by atoms with Crippen molar-refractivity contribution in [1.29, 1.82) is 0 Å². The van der Waals surface area contributed by atoms with Gasteiger partial charge in [-0.1, -0.05) is 12.1 Å². The molecule has 8 heteroatoms. The number of amides is 4. The molecule has 5 rings (SSSR count). The number of rotatable bonds is 2. The second kappa shape index (κ2) is 7.09. The highest BCUT2D eigenvalue weighted by atomic mass is 16.3. The van der Waals surface area contributed by atoms with Gasteiger partial charge < -0.3 is 19.5 Å². The third-order valence-corrected chi connectivity index (χ3v) is 5.67. The van der Waals surface area contributed by atoms with Crippen LogP contribution in [0.1, 0.15) is 36.4 Å². The topological polar surface area (TPSA) is 95.2 Å². The number of anilines is 2. The predicted octanol–water partition coefficient (Wildman–Crippen LogP) is 3.52. The molecule has 2 aromatic rings. The fourth-order valence-electron chi connectivity index (χ4n) is 4.31. The van der Waals surface area contributed by atoms with Crippen LogP contribution in [0.2, 0.25) is 0 Å². The Morgan fingerprint density at radius 3 is 2.81 bits per heavy atom.